The van der Waals surface area contributed by atoms with Gasteiger partial charge in [-0.3, -0.25) is 4.79 Å². The number of carbonyl (C=O) groups excluding carboxylic acids is 1. The third-order valence-electron chi connectivity index (χ3n) is 5.06. The molecule has 138 valence electrons. The predicted octanol–water partition coefficient (Wildman–Crippen LogP) is 4.21. The number of amides is 1. The minimum Gasteiger partial charge on any atom is -0.508 e. The SMILES string of the molecule is COC1CCN(C(=O)CC(c2cccc(O)c2)c2ccccc2Cl)CC1. The third-order valence-corrected chi connectivity index (χ3v) is 5.40. The van der Waals surface area contributed by atoms with Gasteiger partial charge in [-0.25, -0.2) is 0 Å². The van der Waals surface area contributed by atoms with Gasteiger partial charge in [0, 0.05) is 37.6 Å². The van der Waals surface area contributed by atoms with Crippen molar-refractivity contribution in [3.63, 3.8) is 0 Å². The summed E-state index contributed by atoms with van der Waals surface area (Å²) in [6, 6.07) is 14.6. The number of ether oxygens (including phenoxy) is 1. The van der Waals surface area contributed by atoms with Gasteiger partial charge in [-0.1, -0.05) is 41.9 Å². The highest BCUT2D eigenvalue weighted by atomic mass is 35.5. The number of rotatable bonds is 5. The molecular weight excluding hydrogens is 350 g/mol. The number of piperidine rings is 1. The minimum atomic E-state index is -0.191. The zero-order valence-electron chi connectivity index (χ0n) is 14.9. The minimum absolute atomic E-state index is 0.104. The van der Waals surface area contributed by atoms with Gasteiger partial charge in [0.15, 0.2) is 0 Å². The van der Waals surface area contributed by atoms with E-state index in [0.29, 0.717) is 24.5 Å². The van der Waals surface area contributed by atoms with Crippen molar-refractivity contribution in [1.82, 2.24) is 4.90 Å². The number of likely N-dealkylation sites (tertiary alicyclic amines) is 1. The number of halogens is 1. The highest BCUT2D eigenvalue weighted by Crippen LogP contribution is 2.35. The lowest BCUT2D eigenvalue weighted by Crippen LogP contribution is -2.41. The van der Waals surface area contributed by atoms with Crippen molar-refractivity contribution in [3.05, 3.63) is 64.7 Å². The summed E-state index contributed by atoms with van der Waals surface area (Å²) in [7, 11) is 1.72. The summed E-state index contributed by atoms with van der Waals surface area (Å²) >= 11 is 6.41. The lowest BCUT2D eigenvalue weighted by molar-refractivity contribution is -0.133. The van der Waals surface area contributed by atoms with Crippen molar-refractivity contribution in [2.45, 2.75) is 31.3 Å². The summed E-state index contributed by atoms with van der Waals surface area (Å²) in [5.41, 5.74) is 1.79. The van der Waals surface area contributed by atoms with Crippen molar-refractivity contribution >= 4 is 17.5 Å². The van der Waals surface area contributed by atoms with Gasteiger partial charge in [0.25, 0.3) is 0 Å². The zero-order valence-corrected chi connectivity index (χ0v) is 15.7. The number of nitrogens with zero attached hydrogens (tertiary/aromatic N) is 1. The summed E-state index contributed by atoms with van der Waals surface area (Å²) in [6.07, 6.45) is 2.30. The summed E-state index contributed by atoms with van der Waals surface area (Å²) in [5.74, 6) is 0.101. The zero-order chi connectivity index (χ0) is 18.5. The molecule has 1 heterocycles. The molecule has 1 fully saturated rings. The molecule has 0 radical (unpaired) electrons. The molecule has 0 bridgehead atoms. The first-order chi connectivity index (χ1) is 12.6. The van der Waals surface area contributed by atoms with Crippen LogP contribution in [0.15, 0.2) is 48.5 Å². The Hall–Kier alpha value is -2.04. The first kappa shape index (κ1) is 18.7. The number of hydrogen-bond donors (Lipinski definition) is 1. The third kappa shape index (κ3) is 4.37. The van der Waals surface area contributed by atoms with Crippen molar-refractivity contribution in [1.29, 1.82) is 0 Å². The van der Waals surface area contributed by atoms with Gasteiger partial charge >= 0.3 is 0 Å². The second-order valence-corrected chi connectivity index (χ2v) is 7.10. The van der Waals surface area contributed by atoms with Gasteiger partial charge in [0.1, 0.15) is 5.75 Å². The molecule has 1 saturated heterocycles. The number of aromatic hydroxyl groups is 1. The molecule has 0 spiro atoms. The lowest BCUT2D eigenvalue weighted by Gasteiger charge is -2.32. The van der Waals surface area contributed by atoms with Crippen LogP contribution in [0.25, 0.3) is 0 Å². The molecule has 1 unspecified atom stereocenters. The van der Waals surface area contributed by atoms with Gasteiger partial charge in [-0.2, -0.15) is 0 Å². The molecule has 0 saturated carbocycles. The van der Waals surface area contributed by atoms with Crippen molar-refractivity contribution in [2.24, 2.45) is 0 Å². The van der Waals surface area contributed by atoms with E-state index in [4.69, 9.17) is 16.3 Å². The van der Waals surface area contributed by atoms with Crippen LogP contribution in [0.1, 0.15) is 36.3 Å². The molecule has 3 rings (SSSR count). The summed E-state index contributed by atoms with van der Waals surface area (Å²) in [6.45, 7) is 1.43. The van der Waals surface area contributed by atoms with Crippen molar-refractivity contribution in [3.8, 4) is 5.75 Å². The van der Waals surface area contributed by atoms with Crippen LogP contribution in [-0.2, 0) is 9.53 Å². The predicted molar refractivity (Wildman–Crippen MR) is 103 cm³/mol. The van der Waals surface area contributed by atoms with Gasteiger partial charge < -0.3 is 14.7 Å². The quantitative estimate of drug-likeness (QED) is 0.854. The average molecular weight is 374 g/mol. The van der Waals surface area contributed by atoms with E-state index in [1.54, 1.807) is 25.3 Å². The molecule has 1 amide bonds. The first-order valence-corrected chi connectivity index (χ1v) is 9.30. The Labute approximate surface area is 159 Å². The molecule has 26 heavy (non-hydrogen) atoms. The van der Waals surface area contributed by atoms with Gasteiger partial charge in [0.2, 0.25) is 5.91 Å². The Morgan fingerprint density at radius 2 is 1.96 bits per heavy atom. The molecule has 0 aliphatic carbocycles. The molecule has 1 aliphatic heterocycles. The topological polar surface area (TPSA) is 49.8 Å². The Balaban J connectivity index is 1.83. The maximum Gasteiger partial charge on any atom is 0.223 e. The van der Waals surface area contributed by atoms with Crippen LogP contribution in [0.2, 0.25) is 5.02 Å². The Morgan fingerprint density at radius 1 is 1.23 bits per heavy atom. The van der Waals surface area contributed by atoms with E-state index in [1.165, 1.54) is 0 Å². The van der Waals surface area contributed by atoms with Gasteiger partial charge in [-0.15, -0.1) is 0 Å². The molecule has 4 nitrogen and oxygen atoms in total. The number of benzene rings is 2. The van der Waals surface area contributed by atoms with Crippen LogP contribution < -0.4 is 0 Å². The van der Waals surface area contributed by atoms with Crippen LogP contribution in [-0.4, -0.2) is 42.2 Å². The second kappa shape index (κ2) is 8.56. The largest absolute Gasteiger partial charge is 0.508 e. The lowest BCUT2D eigenvalue weighted by atomic mass is 9.87. The van der Waals surface area contributed by atoms with Crippen LogP contribution in [0, 0.1) is 0 Å². The van der Waals surface area contributed by atoms with Crippen LogP contribution >= 0.6 is 11.6 Å². The first-order valence-electron chi connectivity index (χ1n) is 8.92. The van der Waals surface area contributed by atoms with E-state index < -0.39 is 0 Å². The number of phenols is 1. The highest BCUT2D eigenvalue weighted by molar-refractivity contribution is 6.31. The fourth-order valence-electron chi connectivity index (χ4n) is 3.55. The molecule has 1 aliphatic rings. The van der Waals surface area contributed by atoms with Crippen LogP contribution in [0.4, 0.5) is 0 Å². The molecule has 2 aromatic rings. The molecule has 1 atom stereocenters. The summed E-state index contributed by atoms with van der Waals surface area (Å²) in [5, 5.41) is 10.5. The highest BCUT2D eigenvalue weighted by Gasteiger charge is 2.27. The Morgan fingerprint density at radius 3 is 2.62 bits per heavy atom. The van der Waals surface area contributed by atoms with E-state index in [9.17, 15) is 9.90 Å². The van der Waals surface area contributed by atoms with Crippen LogP contribution in [0.5, 0.6) is 5.75 Å². The van der Waals surface area contributed by atoms with E-state index in [1.807, 2.05) is 35.2 Å². The Kier molecular flexibility index (Phi) is 6.17. The summed E-state index contributed by atoms with van der Waals surface area (Å²) in [4.78, 5) is 14.8. The molecular formula is C21H24ClNO3. The fourth-order valence-corrected chi connectivity index (χ4v) is 3.82. The van der Waals surface area contributed by atoms with E-state index in [2.05, 4.69) is 0 Å². The fraction of sp³-hybridized carbons (Fsp3) is 0.381. The average Bonchev–Trinajstić information content (AvgIpc) is 2.66. The maximum atomic E-state index is 12.9. The van der Waals surface area contributed by atoms with Crippen molar-refractivity contribution in [2.75, 3.05) is 20.2 Å². The van der Waals surface area contributed by atoms with Gasteiger partial charge in [0.05, 0.1) is 6.10 Å². The number of carbonyl (C=O) groups is 1. The monoisotopic (exact) mass is 373 g/mol. The number of hydrogen-bond acceptors (Lipinski definition) is 3. The smallest absolute Gasteiger partial charge is 0.223 e. The summed E-state index contributed by atoms with van der Waals surface area (Å²) < 4.78 is 5.38. The molecule has 5 heteroatoms. The van der Waals surface area contributed by atoms with Crippen molar-refractivity contribution < 1.29 is 14.6 Å². The Bertz CT molecular complexity index is 756. The van der Waals surface area contributed by atoms with E-state index in [0.717, 1.165) is 24.0 Å². The second-order valence-electron chi connectivity index (χ2n) is 6.69. The standard InChI is InChI=1S/C21H24ClNO3/c1-26-17-9-11-23(12-10-17)21(25)14-19(15-5-4-6-16(24)13-15)18-7-2-3-8-20(18)22/h2-8,13,17,19,24H,9-12,14H2,1H3. The van der Waals surface area contributed by atoms with Gasteiger partial charge in [-0.05, 0) is 42.2 Å². The maximum absolute atomic E-state index is 12.9. The normalized spacial score (nSPS) is 16.5. The number of phenolic OH excluding ortho intramolecular Hbond substituents is 1. The molecule has 1 N–H and O–H groups in total. The van der Waals surface area contributed by atoms with E-state index in [-0.39, 0.29) is 23.7 Å². The molecule has 0 aromatic heterocycles. The van der Waals surface area contributed by atoms with Crippen LogP contribution in [0.3, 0.4) is 0 Å². The number of methoxy groups -OCH3 is 1. The van der Waals surface area contributed by atoms with E-state index >= 15 is 0 Å². The molecule has 2 aromatic carbocycles.